The van der Waals surface area contributed by atoms with Gasteiger partial charge in [-0.25, -0.2) is 4.98 Å². The fourth-order valence-electron chi connectivity index (χ4n) is 1.41. The van der Waals surface area contributed by atoms with Crippen molar-refractivity contribution in [2.45, 2.75) is 13.0 Å². The first-order valence-corrected chi connectivity index (χ1v) is 6.89. The summed E-state index contributed by atoms with van der Waals surface area (Å²) in [5.41, 5.74) is 0.681. The Morgan fingerprint density at radius 1 is 1.24 bits per heavy atom. The van der Waals surface area contributed by atoms with E-state index in [4.69, 9.17) is 34.8 Å². The molecule has 0 bridgehead atoms. The molecule has 17 heavy (non-hydrogen) atoms. The third-order valence-electron chi connectivity index (χ3n) is 2.19. The van der Waals surface area contributed by atoms with Gasteiger partial charge in [-0.3, -0.25) is 0 Å². The number of thiazole rings is 1. The molecule has 1 unspecified atom stereocenters. The molecule has 1 aromatic heterocycles. The molecule has 1 aromatic carbocycles. The zero-order chi connectivity index (χ0) is 12.4. The highest BCUT2D eigenvalue weighted by Gasteiger charge is 2.13. The lowest BCUT2D eigenvalue weighted by atomic mass is 10.2. The summed E-state index contributed by atoms with van der Waals surface area (Å²) in [5, 5.41) is 7.67. The summed E-state index contributed by atoms with van der Waals surface area (Å²) >= 11 is 19.6. The van der Waals surface area contributed by atoms with Crippen molar-refractivity contribution in [3.8, 4) is 0 Å². The zero-order valence-electron chi connectivity index (χ0n) is 8.88. The third kappa shape index (κ3) is 3.05. The normalized spacial score (nSPS) is 12.5. The van der Waals surface area contributed by atoms with E-state index in [-0.39, 0.29) is 6.04 Å². The van der Waals surface area contributed by atoms with Crippen LogP contribution in [0.4, 0.5) is 5.69 Å². The molecule has 2 aromatic rings. The Kier molecular flexibility index (Phi) is 4.15. The summed E-state index contributed by atoms with van der Waals surface area (Å²) in [7, 11) is 0. The number of benzene rings is 1. The van der Waals surface area contributed by atoms with Crippen LogP contribution in [0, 0.1) is 0 Å². The number of hydrogen-bond donors (Lipinski definition) is 1. The van der Waals surface area contributed by atoms with E-state index in [2.05, 4.69) is 10.3 Å². The summed E-state index contributed by atoms with van der Waals surface area (Å²) in [6.45, 7) is 2.00. The first kappa shape index (κ1) is 13.0. The van der Waals surface area contributed by atoms with Crippen molar-refractivity contribution in [2.24, 2.45) is 0 Å². The smallest absolute Gasteiger partial charge is 0.115 e. The minimum Gasteiger partial charge on any atom is -0.374 e. The molecule has 0 saturated heterocycles. The molecular formula is C11H9Cl3N2S. The third-order valence-corrected chi connectivity index (χ3v) is 3.96. The molecule has 1 heterocycles. The van der Waals surface area contributed by atoms with Crippen LogP contribution in [0.3, 0.4) is 0 Å². The van der Waals surface area contributed by atoms with Gasteiger partial charge >= 0.3 is 0 Å². The van der Waals surface area contributed by atoms with Crippen LogP contribution >= 0.6 is 46.1 Å². The van der Waals surface area contributed by atoms with E-state index >= 15 is 0 Å². The molecule has 1 atom stereocenters. The molecule has 0 radical (unpaired) electrons. The van der Waals surface area contributed by atoms with Gasteiger partial charge in [0.15, 0.2) is 0 Å². The number of nitrogens with one attached hydrogen (secondary N) is 1. The number of halogens is 3. The van der Waals surface area contributed by atoms with Crippen molar-refractivity contribution in [2.75, 3.05) is 5.32 Å². The van der Waals surface area contributed by atoms with Gasteiger partial charge in [-0.05, 0) is 19.1 Å². The highest BCUT2D eigenvalue weighted by Crippen LogP contribution is 2.36. The standard InChI is InChI=1S/C11H9Cl3N2S/c1-6(11-15-2-3-17-11)16-10-8(13)4-7(12)5-9(10)14/h2-6,16H,1H3. The average molecular weight is 308 g/mol. The fraction of sp³-hybridized carbons (Fsp3) is 0.182. The molecule has 2 nitrogen and oxygen atoms in total. The lowest BCUT2D eigenvalue weighted by Gasteiger charge is -2.15. The zero-order valence-corrected chi connectivity index (χ0v) is 12.0. The summed E-state index contributed by atoms with van der Waals surface area (Å²) < 4.78 is 0. The maximum atomic E-state index is 6.09. The van der Waals surface area contributed by atoms with E-state index < -0.39 is 0 Å². The number of hydrogen-bond acceptors (Lipinski definition) is 3. The molecule has 90 valence electrons. The Labute approximate surface area is 119 Å². The number of rotatable bonds is 3. The van der Waals surface area contributed by atoms with Gasteiger partial charge in [0, 0.05) is 16.6 Å². The van der Waals surface area contributed by atoms with Gasteiger partial charge in [0.05, 0.1) is 21.8 Å². The van der Waals surface area contributed by atoms with Gasteiger partial charge in [-0.2, -0.15) is 0 Å². The van der Waals surface area contributed by atoms with Crippen molar-refractivity contribution >= 4 is 51.8 Å². The molecule has 0 fully saturated rings. The van der Waals surface area contributed by atoms with E-state index in [0.717, 1.165) is 5.01 Å². The maximum absolute atomic E-state index is 6.09. The quantitative estimate of drug-likeness (QED) is 0.835. The van der Waals surface area contributed by atoms with Crippen molar-refractivity contribution in [3.63, 3.8) is 0 Å². The molecular weight excluding hydrogens is 299 g/mol. The van der Waals surface area contributed by atoms with Gasteiger partial charge < -0.3 is 5.32 Å². The van der Waals surface area contributed by atoms with Crippen molar-refractivity contribution < 1.29 is 0 Å². The fourth-order valence-corrected chi connectivity index (χ4v) is 2.98. The van der Waals surface area contributed by atoms with Crippen molar-refractivity contribution in [1.82, 2.24) is 4.98 Å². The molecule has 2 rings (SSSR count). The van der Waals surface area contributed by atoms with Crippen LogP contribution in [0.1, 0.15) is 18.0 Å². The van der Waals surface area contributed by atoms with Gasteiger partial charge in [-0.15, -0.1) is 11.3 Å². The minimum atomic E-state index is 0.0474. The lowest BCUT2D eigenvalue weighted by Crippen LogP contribution is -2.07. The largest absolute Gasteiger partial charge is 0.374 e. The van der Waals surface area contributed by atoms with E-state index in [1.54, 1.807) is 29.7 Å². The highest BCUT2D eigenvalue weighted by molar-refractivity contribution is 7.09. The predicted molar refractivity (Wildman–Crippen MR) is 75.6 cm³/mol. The minimum absolute atomic E-state index is 0.0474. The SMILES string of the molecule is CC(Nc1c(Cl)cc(Cl)cc1Cl)c1nccs1. The monoisotopic (exact) mass is 306 g/mol. The second-order valence-electron chi connectivity index (χ2n) is 3.48. The Hall–Kier alpha value is -0.480. The maximum Gasteiger partial charge on any atom is 0.115 e. The summed E-state index contributed by atoms with van der Waals surface area (Å²) in [6, 6.07) is 3.36. The Balaban J connectivity index is 2.25. The predicted octanol–water partition coefficient (Wildman–Crippen LogP) is 5.28. The van der Waals surface area contributed by atoms with Gasteiger partial charge in [-0.1, -0.05) is 34.8 Å². The van der Waals surface area contributed by atoms with Gasteiger partial charge in [0.2, 0.25) is 0 Å². The number of aromatic nitrogens is 1. The van der Waals surface area contributed by atoms with Gasteiger partial charge in [0.1, 0.15) is 5.01 Å². The molecule has 0 spiro atoms. The van der Waals surface area contributed by atoms with E-state index in [1.165, 1.54) is 0 Å². The van der Waals surface area contributed by atoms with E-state index in [1.807, 2.05) is 12.3 Å². The number of anilines is 1. The topological polar surface area (TPSA) is 24.9 Å². The first-order valence-electron chi connectivity index (χ1n) is 4.88. The highest BCUT2D eigenvalue weighted by atomic mass is 35.5. The van der Waals surface area contributed by atoms with E-state index in [9.17, 15) is 0 Å². The van der Waals surface area contributed by atoms with Crippen LogP contribution < -0.4 is 5.32 Å². The summed E-state index contributed by atoms with van der Waals surface area (Å²) in [5.74, 6) is 0. The molecule has 0 aliphatic carbocycles. The molecule has 0 aliphatic heterocycles. The Morgan fingerprint density at radius 3 is 2.41 bits per heavy atom. The van der Waals surface area contributed by atoms with Crippen molar-refractivity contribution in [1.29, 1.82) is 0 Å². The van der Waals surface area contributed by atoms with Gasteiger partial charge in [0.25, 0.3) is 0 Å². The van der Waals surface area contributed by atoms with Crippen molar-refractivity contribution in [3.05, 3.63) is 43.8 Å². The molecule has 0 amide bonds. The van der Waals surface area contributed by atoms with Crippen LogP contribution in [0.5, 0.6) is 0 Å². The van der Waals surface area contributed by atoms with Crippen LogP contribution in [0.15, 0.2) is 23.7 Å². The Morgan fingerprint density at radius 2 is 1.88 bits per heavy atom. The first-order chi connectivity index (χ1) is 8.08. The second kappa shape index (κ2) is 5.44. The lowest BCUT2D eigenvalue weighted by molar-refractivity contribution is 0.870. The average Bonchev–Trinajstić information content (AvgIpc) is 2.76. The molecule has 6 heteroatoms. The van der Waals surface area contributed by atoms with Crippen LogP contribution in [0.2, 0.25) is 15.1 Å². The summed E-state index contributed by atoms with van der Waals surface area (Å²) in [4.78, 5) is 4.23. The number of nitrogens with zero attached hydrogens (tertiary/aromatic N) is 1. The van der Waals surface area contributed by atoms with Crippen LogP contribution in [-0.2, 0) is 0 Å². The van der Waals surface area contributed by atoms with E-state index in [0.29, 0.717) is 20.8 Å². The van der Waals surface area contributed by atoms with Crippen LogP contribution in [0.25, 0.3) is 0 Å². The Bertz CT molecular complexity index is 490. The molecule has 1 N–H and O–H groups in total. The molecule has 0 aliphatic rings. The summed E-state index contributed by atoms with van der Waals surface area (Å²) in [6.07, 6.45) is 1.77. The second-order valence-corrected chi connectivity index (χ2v) is 5.66. The molecule has 0 saturated carbocycles. The van der Waals surface area contributed by atoms with Crippen LogP contribution in [-0.4, -0.2) is 4.98 Å².